The van der Waals surface area contributed by atoms with Gasteiger partial charge in [0.2, 0.25) is 5.91 Å². The lowest BCUT2D eigenvalue weighted by Gasteiger charge is -2.32. The number of carbonyl (C=O) groups excluding carboxylic acids is 1. The number of piperazine rings is 1. The van der Waals surface area contributed by atoms with E-state index in [1.165, 1.54) is 5.56 Å². The Kier molecular flexibility index (Phi) is 11.8. The largest absolute Gasteiger partial charge is 0.350 e. The fourth-order valence-corrected chi connectivity index (χ4v) is 3.62. The molecule has 1 aliphatic carbocycles. The van der Waals surface area contributed by atoms with Crippen LogP contribution in [0.15, 0.2) is 24.3 Å². The molecular formula is C19H33Cl3N4O. The Morgan fingerprint density at radius 3 is 2.07 bits per heavy atom. The van der Waals surface area contributed by atoms with Gasteiger partial charge in [0.1, 0.15) is 0 Å². The minimum absolute atomic E-state index is 0. The van der Waals surface area contributed by atoms with Crippen LogP contribution in [0.5, 0.6) is 0 Å². The summed E-state index contributed by atoms with van der Waals surface area (Å²) in [7, 11) is 2.18. The Morgan fingerprint density at radius 2 is 1.52 bits per heavy atom. The van der Waals surface area contributed by atoms with Crippen molar-refractivity contribution in [2.45, 2.75) is 44.3 Å². The van der Waals surface area contributed by atoms with Gasteiger partial charge in [-0.25, -0.2) is 0 Å². The summed E-state index contributed by atoms with van der Waals surface area (Å²) in [6.45, 7) is 6.12. The smallest absolute Gasteiger partial charge is 0.240 e. The Hall–Kier alpha value is -0.560. The third kappa shape index (κ3) is 7.41. The van der Waals surface area contributed by atoms with Crippen LogP contribution >= 0.6 is 37.2 Å². The van der Waals surface area contributed by atoms with Gasteiger partial charge in [-0.05, 0) is 31.0 Å². The molecule has 1 saturated carbocycles. The van der Waals surface area contributed by atoms with Gasteiger partial charge < -0.3 is 16.0 Å². The summed E-state index contributed by atoms with van der Waals surface area (Å²) in [6, 6.07) is 8.58. The van der Waals surface area contributed by atoms with E-state index in [4.69, 9.17) is 5.73 Å². The molecule has 2 fully saturated rings. The van der Waals surface area contributed by atoms with Gasteiger partial charge >= 0.3 is 0 Å². The van der Waals surface area contributed by atoms with Gasteiger partial charge in [0.25, 0.3) is 0 Å². The molecular weight excluding hydrogens is 407 g/mol. The first kappa shape index (κ1) is 26.4. The van der Waals surface area contributed by atoms with Crippen LogP contribution in [-0.2, 0) is 17.9 Å². The quantitative estimate of drug-likeness (QED) is 0.740. The molecule has 27 heavy (non-hydrogen) atoms. The lowest BCUT2D eigenvalue weighted by atomic mass is 9.98. The Morgan fingerprint density at radius 1 is 1.00 bits per heavy atom. The van der Waals surface area contributed by atoms with Gasteiger partial charge in [-0.1, -0.05) is 37.1 Å². The summed E-state index contributed by atoms with van der Waals surface area (Å²) in [6.07, 6.45) is 3.74. The van der Waals surface area contributed by atoms with Crippen LogP contribution < -0.4 is 11.1 Å². The molecule has 1 aromatic rings. The molecule has 8 heteroatoms. The highest BCUT2D eigenvalue weighted by atomic mass is 35.5. The molecule has 156 valence electrons. The molecule has 1 aliphatic heterocycles. The highest BCUT2D eigenvalue weighted by Crippen LogP contribution is 2.27. The lowest BCUT2D eigenvalue weighted by Crippen LogP contribution is -2.51. The lowest BCUT2D eigenvalue weighted by molar-refractivity contribution is -0.126. The van der Waals surface area contributed by atoms with E-state index in [1.807, 2.05) is 0 Å². The van der Waals surface area contributed by atoms with E-state index >= 15 is 0 Å². The van der Waals surface area contributed by atoms with Crippen LogP contribution in [-0.4, -0.2) is 54.5 Å². The molecule has 0 aromatic heterocycles. The van der Waals surface area contributed by atoms with Crippen molar-refractivity contribution in [1.29, 1.82) is 0 Å². The summed E-state index contributed by atoms with van der Waals surface area (Å²) in [5.74, 6) is 0.00140. The number of nitrogens with zero attached hydrogens (tertiary/aromatic N) is 2. The molecule has 0 bridgehead atoms. The van der Waals surface area contributed by atoms with Crippen molar-refractivity contribution in [2.24, 2.45) is 5.73 Å². The molecule has 3 rings (SSSR count). The molecule has 1 aromatic carbocycles. The van der Waals surface area contributed by atoms with Gasteiger partial charge in [0.05, 0.1) is 5.54 Å². The first-order chi connectivity index (χ1) is 11.5. The minimum Gasteiger partial charge on any atom is -0.350 e. The first-order valence-electron chi connectivity index (χ1n) is 9.11. The molecule has 3 N–H and O–H groups in total. The van der Waals surface area contributed by atoms with Crippen molar-refractivity contribution in [2.75, 3.05) is 33.2 Å². The molecule has 1 saturated heterocycles. The Balaban J connectivity index is 0.00000225. The zero-order valence-electron chi connectivity index (χ0n) is 16.0. The summed E-state index contributed by atoms with van der Waals surface area (Å²) in [5.41, 5.74) is 8.01. The predicted molar refractivity (Wildman–Crippen MR) is 118 cm³/mol. The summed E-state index contributed by atoms with van der Waals surface area (Å²) < 4.78 is 0. The van der Waals surface area contributed by atoms with Crippen LogP contribution in [0, 0.1) is 0 Å². The number of halogens is 3. The Labute approximate surface area is 181 Å². The number of carbonyl (C=O) groups is 1. The van der Waals surface area contributed by atoms with Crippen LogP contribution in [0.1, 0.15) is 36.8 Å². The van der Waals surface area contributed by atoms with E-state index in [0.717, 1.165) is 64.0 Å². The standard InChI is InChI=1S/C19H30N4O.3ClH/c1-22-10-12-23(13-11-22)15-17-6-4-16(5-7-17)14-21-18(24)19(20)8-2-3-9-19;;;/h4-7H,2-3,8-15,20H2,1H3,(H,21,24);3*1H. The number of benzene rings is 1. The van der Waals surface area contributed by atoms with Crippen molar-refractivity contribution >= 4 is 43.1 Å². The van der Waals surface area contributed by atoms with Crippen molar-refractivity contribution in [3.63, 3.8) is 0 Å². The molecule has 0 unspecified atom stereocenters. The molecule has 0 atom stereocenters. The maximum atomic E-state index is 12.2. The van der Waals surface area contributed by atoms with Crippen molar-refractivity contribution < 1.29 is 4.79 Å². The number of likely N-dealkylation sites (N-methyl/N-ethyl adjacent to an activating group) is 1. The van der Waals surface area contributed by atoms with E-state index < -0.39 is 5.54 Å². The van der Waals surface area contributed by atoms with Gasteiger partial charge in [0.15, 0.2) is 0 Å². The number of rotatable bonds is 5. The molecule has 2 aliphatic rings. The SMILES string of the molecule is CN1CCN(Cc2ccc(CNC(=O)C3(N)CCCC3)cc2)CC1.Cl.Cl.Cl. The van der Waals surface area contributed by atoms with Crippen LogP contribution in [0.2, 0.25) is 0 Å². The third-order valence-corrected chi connectivity index (χ3v) is 5.43. The van der Waals surface area contributed by atoms with E-state index in [1.54, 1.807) is 0 Å². The normalized spacial score (nSPS) is 19.3. The monoisotopic (exact) mass is 438 g/mol. The maximum absolute atomic E-state index is 12.2. The number of nitrogens with one attached hydrogen (secondary N) is 1. The fourth-order valence-electron chi connectivity index (χ4n) is 3.62. The zero-order chi connectivity index (χ0) is 17.0. The molecule has 0 radical (unpaired) electrons. The van der Waals surface area contributed by atoms with E-state index in [-0.39, 0.29) is 43.1 Å². The highest BCUT2D eigenvalue weighted by molar-refractivity contribution is 5.86. The second-order valence-electron chi connectivity index (χ2n) is 7.44. The van der Waals surface area contributed by atoms with E-state index in [0.29, 0.717) is 6.54 Å². The van der Waals surface area contributed by atoms with Crippen molar-refractivity contribution in [3.05, 3.63) is 35.4 Å². The van der Waals surface area contributed by atoms with Gasteiger partial charge in [-0.3, -0.25) is 9.69 Å². The third-order valence-electron chi connectivity index (χ3n) is 5.43. The highest BCUT2D eigenvalue weighted by Gasteiger charge is 2.36. The minimum atomic E-state index is -0.638. The van der Waals surface area contributed by atoms with Crippen molar-refractivity contribution in [1.82, 2.24) is 15.1 Å². The Bertz CT molecular complexity index is 557. The number of amides is 1. The van der Waals surface area contributed by atoms with Gasteiger partial charge in [-0.2, -0.15) is 0 Å². The number of hydrogen-bond donors (Lipinski definition) is 2. The number of hydrogen-bond acceptors (Lipinski definition) is 4. The number of nitrogens with two attached hydrogens (primary N) is 1. The second-order valence-corrected chi connectivity index (χ2v) is 7.44. The van der Waals surface area contributed by atoms with Crippen LogP contribution in [0.3, 0.4) is 0 Å². The molecule has 1 heterocycles. The topological polar surface area (TPSA) is 61.6 Å². The summed E-state index contributed by atoms with van der Waals surface area (Å²) >= 11 is 0. The van der Waals surface area contributed by atoms with Gasteiger partial charge in [0, 0.05) is 39.3 Å². The maximum Gasteiger partial charge on any atom is 0.240 e. The van der Waals surface area contributed by atoms with E-state index in [2.05, 4.69) is 46.4 Å². The summed E-state index contributed by atoms with van der Waals surface area (Å²) in [4.78, 5) is 17.1. The molecule has 1 amide bonds. The molecule has 0 spiro atoms. The fraction of sp³-hybridized carbons (Fsp3) is 0.632. The van der Waals surface area contributed by atoms with Crippen molar-refractivity contribution in [3.8, 4) is 0 Å². The first-order valence-corrected chi connectivity index (χ1v) is 9.11. The molecule has 5 nitrogen and oxygen atoms in total. The van der Waals surface area contributed by atoms with Crippen LogP contribution in [0.4, 0.5) is 0 Å². The predicted octanol–water partition coefficient (Wildman–Crippen LogP) is 2.59. The zero-order valence-corrected chi connectivity index (χ0v) is 18.4. The average molecular weight is 440 g/mol. The summed E-state index contributed by atoms with van der Waals surface area (Å²) in [5, 5.41) is 3.01. The van der Waals surface area contributed by atoms with Gasteiger partial charge in [-0.15, -0.1) is 37.2 Å². The average Bonchev–Trinajstić information content (AvgIpc) is 3.04. The second kappa shape index (κ2) is 12.1. The van der Waals surface area contributed by atoms with E-state index in [9.17, 15) is 4.79 Å². The van der Waals surface area contributed by atoms with Crippen LogP contribution in [0.25, 0.3) is 0 Å².